The van der Waals surface area contributed by atoms with Crippen molar-refractivity contribution in [3.8, 4) is 17.0 Å². The Morgan fingerprint density at radius 1 is 1.30 bits per heavy atom. The molecule has 7 nitrogen and oxygen atoms in total. The van der Waals surface area contributed by atoms with Gasteiger partial charge in [-0.05, 0) is 50.6 Å². The molecule has 5 rings (SSSR count). The van der Waals surface area contributed by atoms with E-state index in [-0.39, 0.29) is 29.3 Å². The highest BCUT2D eigenvalue weighted by Crippen LogP contribution is 2.41. The zero-order chi connectivity index (χ0) is 20.0. The van der Waals surface area contributed by atoms with Gasteiger partial charge in [-0.3, -0.25) is 9.67 Å². The molecule has 0 saturated carbocycles. The van der Waals surface area contributed by atoms with E-state index in [4.69, 9.17) is 15.6 Å². The van der Waals surface area contributed by atoms with Gasteiger partial charge < -0.3 is 15.8 Å². The van der Waals surface area contributed by atoms with Crippen LogP contribution in [-0.4, -0.2) is 32.8 Å². The van der Waals surface area contributed by atoms with Gasteiger partial charge in [0, 0.05) is 42.2 Å². The molecule has 0 radical (unpaired) electrons. The largest absolute Gasteiger partial charge is 0.480 e. The van der Waals surface area contributed by atoms with Gasteiger partial charge in [0.1, 0.15) is 17.6 Å². The third-order valence-electron chi connectivity index (χ3n) is 6.02. The Hall–Kier alpha value is -2.71. The summed E-state index contributed by atoms with van der Waals surface area (Å²) in [5.74, 6) is 0.231. The van der Waals surface area contributed by atoms with Crippen molar-refractivity contribution in [1.82, 2.24) is 25.1 Å². The first-order chi connectivity index (χ1) is 14.1. The summed E-state index contributed by atoms with van der Waals surface area (Å²) in [5, 5.41) is 8.26. The summed E-state index contributed by atoms with van der Waals surface area (Å²) in [6.45, 7) is 4.71. The molecule has 9 heteroatoms. The minimum absolute atomic E-state index is 0. The highest BCUT2D eigenvalue weighted by atomic mass is 35.5. The van der Waals surface area contributed by atoms with Crippen LogP contribution in [0.3, 0.4) is 0 Å². The molecule has 158 valence electrons. The smallest absolute Gasteiger partial charge is 0.166 e. The lowest BCUT2D eigenvalue weighted by atomic mass is 9.82. The molecule has 1 fully saturated rings. The van der Waals surface area contributed by atoms with Crippen molar-refractivity contribution in [2.45, 2.75) is 37.8 Å². The molecule has 0 bridgehead atoms. The van der Waals surface area contributed by atoms with Gasteiger partial charge in [-0.25, -0.2) is 9.37 Å². The first-order valence-electron chi connectivity index (χ1n) is 9.88. The van der Waals surface area contributed by atoms with Gasteiger partial charge in [0.05, 0.1) is 5.69 Å². The molecule has 5 heterocycles. The second kappa shape index (κ2) is 7.85. The van der Waals surface area contributed by atoms with Crippen molar-refractivity contribution < 1.29 is 9.13 Å². The number of nitrogens with one attached hydrogen (secondary N) is 1. The monoisotopic (exact) mass is 430 g/mol. The molecule has 0 aliphatic carbocycles. The Morgan fingerprint density at radius 2 is 2.17 bits per heavy atom. The maximum absolute atomic E-state index is 14.0. The molecule has 1 saturated heterocycles. The molecule has 1 spiro atoms. The normalized spacial score (nSPS) is 20.7. The summed E-state index contributed by atoms with van der Waals surface area (Å²) in [6, 6.07) is 6.88. The van der Waals surface area contributed by atoms with Crippen LogP contribution >= 0.6 is 12.4 Å². The van der Waals surface area contributed by atoms with Gasteiger partial charge in [-0.1, -0.05) is 0 Å². The Morgan fingerprint density at radius 3 is 2.93 bits per heavy atom. The molecule has 2 atom stereocenters. The number of ether oxygens (including phenoxy) is 1. The average Bonchev–Trinajstić information content (AvgIpc) is 3.43. The molecular formula is C21H24ClFN6O. The maximum Gasteiger partial charge on any atom is 0.166 e. The van der Waals surface area contributed by atoms with E-state index in [9.17, 15) is 4.39 Å². The molecule has 2 aliphatic rings. The molecule has 30 heavy (non-hydrogen) atoms. The molecular weight excluding hydrogens is 407 g/mol. The molecule has 3 N–H and O–H groups in total. The molecule has 3 aromatic rings. The van der Waals surface area contributed by atoms with E-state index in [2.05, 4.69) is 26.0 Å². The number of aromatic nitrogens is 4. The maximum atomic E-state index is 14.0. The van der Waals surface area contributed by atoms with Gasteiger partial charge in [-0.2, -0.15) is 5.10 Å². The standard InChI is InChI=1S/C21H23FN6O.ClH/c1-13(19-15(22)3-2-6-25-19)29-17-9-14(11-26-20(17)23)16-10-18-21(4-7-24-12-21)5-8-28(18)27-16;/h2-3,6,9-11,13,24H,4-5,7-8,12H2,1H3,(H2,23,26);1H/t13?,21-;/m1./s1. The predicted molar refractivity (Wildman–Crippen MR) is 114 cm³/mol. The van der Waals surface area contributed by atoms with Crippen LogP contribution in [0.2, 0.25) is 0 Å². The number of pyridine rings is 2. The van der Waals surface area contributed by atoms with Crippen LogP contribution in [0.5, 0.6) is 5.75 Å². The van der Waals surface area contributed by atoms with Gasteiger partial charge in [0.2, 0.25) is 0 Å². The average molecular weight is 431 g/mol. The zero-order valence-electron chi connectivity index (χ0n) is 16.6. The van der Waals surface area contributed by atoms with Crippen molar-refractivity contribution in [3.63, 3.8) is 0 Å². The first kappa shape index (κ1) is 20.6. The molecule has 3 aromatic heterocycles. The minimum atomic E-state index is -0.601. The second-order valence-corrected chi connectivity index (χ2v) is 7.83. The number of nitrogens with zero attached hydrogens (tertiary/aromatic N) is 4. The van der Waals surface area contributed by atoms with Crippen molar-refractivity contribution >= 4 is 18.2 Å². The van der Waals surface area contributed by atoms with Crippen molar-refractivity contribution in [2.75, 3.05) is 18.8 Å². The summed E-state index contributed by atoms with van der Waals surface area (Å²) >= 11 is 0. The van der Waals surface area contributed by atoms with Crippen LogP contribution < -0.4 is 15.8 Å². The number of fused-ring (bicyclic) bond motifs is 2. The van der Waals surface area contributed by atoms with Crippen LogP contribution in [0.15, 0.2) is 36.7 Å². The van der Waals surface area contributed by atoms with Crippen LogP contribution in [0.4, 0.5) is 10.2 Å². The highest BCUT2D eigenvalue weighted by Gasteiger charge is 2.42. The van der Waals surface area contributed by atoms with Crippen LogP contribution in [0.1, 0.15) is 37.3 Å². The topological polar surface area (TPSA) is 90.9 Å². The Kier molecular flexibility index (Phi) is 5.38. The van der Waals surface area contributed by atoms with Crippen molar-refractivity contribution in [2.24, 2.45) is 0 Å². The molecule has 0 aromatic carbocycles. The van der Waals surface area contributed by atoms with E-state index in [0.29, 0.717) is 5.75 Å². The van der Waals surface area contributed by atoms with Crippen molar-refractivity contribution in [3.05, 3.63) is 53.9 Å². The van der Waals surface area contributed by atoms with E-state index in [1.54, 1.807) is 19.2 Å². The number of rotatable bonds is 4. The van der Waals surface area contributed by atoms with Gasteiger partial charge in [0.15, 0.2) is 11.6 Å². The van der Waals surface area contributed by atoms with E-state index in [1.807, 2.05) is 6.07 Å². The van der Waals surface area contributed by atoms with Crippen LogP contribution in [0, 0.1) is 5.82 Å². The summed E-state index contributed by atoms with van der Waals surface area (Å²) in [7, 11) is 0. The summed E-state index contributed by atoms with van der Waals surface area (Å²) in [6.07, 6.45) is 4.90. The highest BCUT2D eigenvalue weighted by molar-refractivity contribution is 5.85. The summed E-state index contributed by atoms with van der Waals surface area (Å²) < 4.78 is 22.0. The number of aryl methyl sites for hydroxylation is 1. The Balaban J connectivity index is 0.00000218. The lowest BCUT2D eigenvalue weighted by Crippen LogP contribution is -2.25. The number of hydrogen-bond donors (Lipinski definition) is 2. The number of nitrogens with two attached hydrogens (primary N) is 1. The van der Waals surface area contributed by atoms with E-state index < -0.39 is 11.9 Å². The van der Waals surface area contributed by atoms with E-state index in [1.165, 1.54) is 18.0 Å². The van der Waals surface area contributed by atoms with Crippen LogP contribution in [-0.2, 0) is 12.0 Å². The predicted octanol–water partition coefficient (Wildman–Crippen LogP) is 3.26. The third kappa shape index (κ3) is 3.40. The number of nitrogen functional groups attached to an aromatic ring is 1. The third-order valence-corrected chi connectivity index (χ3v) is 6.02. The minimum Gasteiger partial charge on any atom is -0.480 e. The molecule has 0 amide bonds. The summed E-state index contributed by atoms with van der Waals surface area (Å²) in [4.78, 5) is 8.35. The summed E-state index contributed by atoms with van der Waals surface area (Å²) in [5.41, 5.74) is 9.39. The second-order valence-electron chi connectivity index (χ2n) is 7.83. The number of halogens is 2. The van der Waals surface area contributed by atoms with Gasteiger partial charge in [-0.15, -0.1) is 12.4 Å². The lowest BCUT2D eigenvalue weighted by Gasteiger charge is -2.20. The number of hydrogen-bond acceptors (Lipinski definition) is 6. The Bertz CT molecular complexity index is 1070. The van der Waals surface area contributed by atoms with Crippen LogP contribution in [0.25, 0.3) is 11.3 Å². The van der Waals surface area contributed by atoms with Gasteiger partial charge in [0.25, 0.3) is 0 Å². The fraction of sp³-hybridized carbons (Fsp3) is 0.381. The van der Waals surface area contributed by atoms with E-state index >= 15 is 0 Å². The SMILES string of the molecule is CC(Oc1cc(-c2cc3n(n2)CC[C@@]32CCNC2)cnc1N)c1ncccc1F.Cl. The van der Waals surface area contributed by atoms with Gasteiger partial charge >= 0.3 is 0 Å². The number of anilines is 1. The quantitative estimate of drug-likeness (QED) is 0.660. The fourth-order valence-electron chi connectivity index (χ4n) is 4.41. The van der Waals surface area contributed by atoms with Crippen molar-refractivity contribution in [1.29, 1.82) is 0 Å². The zero-order valence-corrected chi connectivity index (χ0v) is 17.5. The fourth-order valence-corrected chi connectivity index (χ4v) is 4.41. The van der Waals surface area contributed by atoms with E-state index in [0.717, 1.165) is 43.7 Å². The molecule has 2 aliphatic heterocycles. The first-order valence-corrected chi connectivity index (χ1v) is 9.88. The Labute approximate surface area is 180 Å². The molecule has 1 unspecified atom stereocenters. The lowest BCUT2D eigenvalue weighted by molar-refractivity contribution is 0.216.